The molecule has 0 aliphatic carbocycles. The van der Waals surface area contributed by atoms with E-state index in [2.05, 4.69) is 20.7 Å². The van der Waals surface area contributed by atoms with Crippen LogP contribution in [0, 0.1) is 18.6 Å². The lowest BCUT2D eigenvalue weighted by Gasteiger charge is -2.10. The van der Waals surface area contributed by atoms with Crippen LogP contribution in [0.4, 0.5) is 8.78 Å². The summed E-state index contributed by atoms with van der Waals surface area (Å²) in [7, 11) is 4.32. The molecule has 0 aromatic heterocycles. The van der Waals surface area contributed by atoms with Crippen LogP contribution in [0.1, 0.15) is 15.9 Å². The van der Waals surface area contributed by atoms with Crippen LogP contribution >= 0.6 is 15.9 Å². The van der Waals surface area contributed by atoms with Crippen LogP contribution in [0.3, 0.4) is 0 Å². The van der Waals surface area contributed by atoms with Gasteiger partial charge < -0.3 is 14.2 Å². The molecule has 0 aliphatic heterocycles. The van der Waals surface area contributed by atoms with Gasteiger partial charge in [0.2, 0.25) is 0 Å². The van der Waals surface area contributed by atoms with Crippen LogP contribution in [0.15, 0.2) is 59.1 Å². The van der Waals surface area contributed by atoms with E-state index in [1.807, 2.05) is 6.92 Å². The third-order valence-electron chi connectivity index (χ3n) is 4.24. The second-order valence-electron chi connectivity index (χ2n) is 6.15. The molecular formula is C23H21BrF2O4. The van der Waals surface area contributed by atoms with Crippen molar-refractivity contribution >= 4 is 21.9 Å². The Kier molecular flexibility index (Phi) is 8.35. The maximum atomic E-state index is 14.1. The van der Waals surface area contributed by atoms with Crippen molar-refractivity contribution in [2.24, 2.45) is 0 Å². The Hall–Kier alpha value is -2.93. The fourth-order valence-electron chi connectivity index (χ4n) is 2.66. The largest absolute Gasteiger partial charge is 0.497 e. The topological polar surface area (TPSA) is 44.8 Å². The fraction of sp³-hybridized carbons (Fsp3) is 0.174. The summed E-state index contributed by atoms with van der Waals surface area (Å²) in [5.41, 5.74) is 2.46. The molecule has 0 saturated carbocycles. The summed E-state index contributed by atoms with van der Waals surface area (Å²) in [4.78, 5) is 11.5. The van der Waals surface area contributed by atoms with Gasteiger partial charge in [0.25, 0.3) is 0 Å². The molecule has 0 aliphatic rings. The minimum atomic E-state index is -0.408. The molecule has 0 N–H and O–H groups in total. The van der Waals surface area contributed by atoms with Gasteiger partial charge >= 0.3 is 5.97 Å². The number of methoxy groups -OCH3 is 3. The summed E-state index contributed by atoms with van der Waals surface area (Å²) in [5.74, 6) is -0.0803. The summed E-state index contributed by atoms with van der Waals surface area (Å²) in [5, 5.41) is 0. The van der Waals surface area contributed by atoms with Gasteiger partial charge in [-0.1, -0.05) is 6.07 Å². The lowest BCUT2D eigenvalue weighted by Crippen LogP contribution is -2.02. The lowest BCUT2D eigenvalue weighted by molar-refractivity contribution is 0.0600. The minimum Gasteiger partial charge on any atom is -0.497 e. The molecule has 0 fully saturated rings. The van der Waals surface area contributed by atoms with Gasteiger partial charge in [-0.25, -0.2) is 13.6 Å². The SMILES string of the molecule is COC(=O)c1ccc(-c2ccc(OC)cc2F)c(C)c1.COc1ccc(Br)c(F)c1. The van der Waals surface area contributed by atoms with Crippen LogP contribution in [0.5, 0.6) is 11.5 Å². The van der Waals surface area contributed by atoms with Gasteiger partial charge in [-0.3, -0.25) is 0 Å². The van der Waals surface area contributed by atoms with Crippen LogP contribution in [0.2, 0.25) is 0 Å². The molecule has 3 aromatic carbocycles. The third kappa shape index (κ3) is 5.79. The first-order valence-corrected chi connectivity index (χ1v) is 9.62. The Morgan fingerprint density at radius 2 is 1.37 bits per heavy atom. The number of hydrogen-bond acceptors (Lipinski definition) is 4. The summed E-state index contributed by atoms with van der Waals surface area (Å²) < 4.78 is 41.6. The summed E-state index contributed by atoms with van der Waals surface area (Å²) in [6.07, 6.45) is 0. The maximum Gasteiger partial charge on any atom is 0.337 e. The molecular weight excluding hydrogens is 458 g/mol. The van der Waals surface area contributed by atoms with Crippen molar-refractivity contribution in [2.45, 2.75) is 6.92 Å². The zero-order valence-corrected chi connectivity index (χ0v) is 18.5. The molecule has 30 heavy (non-hydrogen) atoms. The molecule has 0 atom stereocenters. The number of ether oxygens (including phenoxy) is 3. The maximum absolute atomic E-state index is 14.1. The van der Waals surface area contributed by atoms with Crippen LogP contribution in [0.25, 0.3) is 11.1 Å². The van der Waals surface area contributed by atoms with E-state index in [9.17, 15) is 13.6 Å². The first-order chi connectivity index (χ1) is 14.3. The monoisotopic (exact) mass is 478 g/mol. The normalized spacial score (nSPS) is 9.97. The highest BCUT2D eigenvalue weighted by Gasteiger charge is 2.12. The Bertz CT molecular complexity index is 1040. The third-order valence-corrected chi connectivity index (χ3v) is 4.88. The number of esters is 1. The summed E-state index contributed by atoms with van der Waals surface area (Å²) >= 11 is 3.03. The number of carbonyl (C=O) groups is 1. The first-order valence-electron chi connectivity index (χ1n) is 8.82. The van der Waals surface area contributed by atoms with Crippen molar-refractivity contribution in [1.29, 1.82) is 0 Å². The second kappa shape index (κ2) is 10.7. The van der Waals surface area contributed by atoms with E-state index in [4.69, 9.17) is 9.47 Å². The molecule has 0 bridgehead atoms. The van der Waals surface area contributed by atoms with Gasteiger partial charge in [-0.15, -0.1) is 0 Å². The number of halogens is 3. The molecule has 7 heteroatoms. The number of carbonyl (C=O) groups excluding carboxylic acids is 1. The van der Waals surface area contributed by atoms with Gasteiger partial charge in [0, 0.05) is 17.7 Å². The number of hydrogen-bond donors (Lipinski definition) is 0. The molecule has 0 spiro atoms. The summed E-state index contributed by atoms with van der Waals surface area (Å²) in [6, 6.07) is 14.3. The quantitative estimate of drug-likeness (QED) is 0.419. The highest BCUT2D eigenvalue weighted by atomic mass is 79.9. The average Bonchev–Trinajstić information content (AvgIpc) is 2.75. The predicted octanol–water partition coefficient (Wildman–Crippen LogP) is 6.19. The highest BCUT2D eigenvalue weighted by Crippen LogP contribution is 2.29. The zero-order chi connectivity index (χ0) is 22.3. The smallest absolute Gasteiger partial charge is 0.337 e. The molecule has 0 heterocycles. The van der Waals surface area contributed by atoms with E-state index in [0.29, 0.717) is 27.1 Å². The average molecular weight is 479 g/mol. The van der Waals surface area contributed by atoms with Crippen molar-refractivity contribution in [1.82, 2.24) is 0 Å². The van der Waals surface area contributed by atoms with Crippen LogP contribution < -0.4 is 9.47 Å². The molecule has 3 aromatic rings. The van der Waals surface area contributed by atoms with Crippen molar-refractivity contribution in [3.8, 4) is 22.6 Å². The molecule has 4 nitrogen and oxygen atoms in total. The van der Waals surface area contributed by atoms with Crippen LogP contribution in [-0.4, -0.2) is 27.3 Å². The van der Waals surface area contributed by atoms with Gasteiger partial charge in [0.05, 0.1) is 31.4 Å². The van der Waals surface area contributed by atoms with Gasteiger partial charge in [0.1, 0.15) is 23.1 Å². The van der Waals surface area contributed by atoms with Gasteiger partial charge in [-0.2, -0.15) is 0 Å². The van der Waals surface area contributed by atoms with Gasteiger partial charge in [0.15, 0.2) is 0 Å². The molecule has 0 radical (unpaired) electrons. The van der Waals surface area contributed by atoms with E-state index in [1.165, 1.54) is 33.5 Å². The Morgan fingerprint density at radius 1 is 0.800 bits per heavy atom. The predicted molar refractivity (Wildman–Crippen MR) is 115 cm³/mol. The van der Waals surface area contributed by atoms with Crippen molar-refractivity contribution < 1.29 is 27.8 Å². The van der Waals surface area contributed by atoms with Crippen molar-refractivity contribution in [3.05, 3.63) is 81.8 Å². The highest BCUT2D eigenvalue weighted by molar-refractivity contribution is 9.10. The van der Waals surface area contributed by atoms with Crippen LogP contribution in [-0.2, 0) is 4.74 Å². The van der Waals surface area contributed by atoms with Crippen molar-refractivity contribution in [3.63, 3.8) is 0 Å². The molecule has 158 valence electrons. The van der Waals surface area contributed by atoms with Crippen molar-refractivity contribution in [2.75, 3.05) is 21.3 Å². The molecule has 0 saturated heterocycles. The first kappa shape index (κ1) is 23.3. The standard InChI is InChI=1S/C16H15FO3.C7H6BrFO/c1-10-8-11(16(18)20-3)4-6-13(10)14-7-5-12(19-2)9-15(14)17;1-10-5-2-3-6(8)7(9)4-5/h4-9H,1-3H3;2-4H,1H3. The second-order valence-corrected chi connectivity index (χ2v) is 7.00. The fourth-order valence-corrected chi connectivity index (χ4v) is 2.90. The minimum absolute atomic E-state index is 0.306. The zero-order valence-electron chi connectivity index (χ0n) is 17.0. The summed E-state index contributed by atoms with van der Waals surface area (Å²) in [6.45, 7) is 1.82. The van der Waals surface area contributed by atoms with E-state index in [0.717, 1.165) is 11.1 Å². The Balaban J connectivity index is 0.000000269. The van der Waals surface area contributed by atoms with E-state index < -0.39 is 5.97 Å². The Labute approximate surface area is 182 Å². The molecule has 3 rings (SSSR count). The van der Waals surface area contributed by atoms with Gasteiger partial charge in [-0.05, 0) is 70.4 Å². The molecule has 0 unspecified atom stereocenters. The number of benzene rings is 3. The van der Waals surface area contributed by atoms with E-state index in [-0.39, 0.29) is 11.6 Å². The number of rotatable bonds is 4. The van der Waals surface area contributed by atoms with E-state index >= 15 is 0 Å². The van der Waals surface area contributed by atoms with E-state index in [1.54, 1.807) is 42.5 Å². The lowest BCUT2D eigenvalue weighted by atomic mass is 9.98. The Morgan fingerprint density at radius 3 is 1.87 bits per heavy atom. The number of aryl methyl sites for hydroxylation is 1. The molecule has 0 amide bonds.